The number of esters is 5. The van der Waals surface area contributed by atoms with Gasteiger partial charge in [-0.2, -0.15) is 0 Å². The van der Waals surface area contributed by atoms with Crippen LogP contribution in [-0.2, 0) is 61.9 Å². The van der Waals surface area contributed by atoms with Crippen molar-refractivity contribution in [2.45, 2.75) is 192 Å². The van der Waals surface area contributed by atoms with E-state index in [1.165, 1.54) is 27.2 Å². The Labute approximate surface area is 364 Å². The molecule has 350 valence electrons. The number of aliphatic hydroxyl groups is 4. The summed E-state index contributed by atoms with van der Waals surface area (Å²) in [7, 11) is 2.42. The van der Waals surface area contributed by atoms with Crippen LogP contribution in [0.3, 0.4) is 0 Å². The highest BCUT2D eigenvalue weighted by molar-refractivity contribution is 5.83. The first kappa shape index (κ1) is 50.9. The van der Waals surface area contributed by atoms with Gasteiger partial charge < -0.3 is 58.3 Å². The lowest BCUT2D eigenvalue weighted by atomic mass is 9.70. The molecule has 6 bridgehead atoms. The molecule has 62 heavy (non-hydrogen) atoms. The second kappa shape index (κ2) is 21.3. The highest BCUT2D eigenvalue weighted by Gasteiger charge is 2.59. The molecular formula is C45H68O17. The van der Waals surface area contributed by atoms with E-state index in [9.17, 15) is 44.4 Å². The monoisotopic (exact) mass is 880 g/mol. The van der Waals surface area contributed by atoms with Crippen LogP contribution >= 0.6 is 0 Å². The van der Waals surface area contributed by atoms with Gasteiger partial charge in [-0.1, -0.05) is 59.3 Å². The largest absolute Gasteiger partial charge is 0.466 e. The van der Waals surface area contributed by atoms with Crippen LogP contribution in [-0.4, -0.2) is 131 Å². The number of rotatable bonds is 9. The molecule has 3 saturated heterocycles. The zero-order valence-corrected chi connectivity index (χ0v) is 37.6. The van der Waals surface area contributed by atoms with Crippen molar-refractivity contribution in [3.63, 3.8) is 0 Å². The predicted molar refractivity (Wildman–Crippen MR) is 219 cm³/mol. The number of hydrogen-bond acceptors (Lipinski definition) is 17. The Morgan fingerprint density at radius 2 is 1.47 bits per heavy atom. The van der Waals surface area contributed by atoms with Crippen molar-refractivity contribution in [3.05, 3.63) is 35.5 Å². The molecule has 0 saturated carbocycles. The van der Waals surface area contributed by atoms with Gasteiger partial charge in [-0.05, 0) is 44.6 Å². The van der Waals surface area contributed by atoms with Crippen molar-refractivity contribution in [1.82, 2.24) is 0 Å². The summed E-state index contributed by atoms with van der Waals surface area (Å²) < 4.78 is 46.9. The van der Waals surface area contributed by atoms with E-state index in [-0.39, 0.29) is 63.4 Å². The molecule has 4 rings (SSSR count). The molecule has 11 unspecified atom stereocenters. The molecule has 17 nitrogen and oxygen atoms in total. The molecule has 0 spiro atoms. The fraction of sp³-hybridized carbons (Fsp3) is 0.756. The molecule has 0 aromatic carbocycles. The second-order valence-electron chi connectivity index (χ2n) is 18.1. The SMILES string of the molecule is CCCC(=O)OC1CC2CC(O)CC(=O)OC(C(C)O)CC3C/C(=C\C(=O)OC)C(OC(=O)CCC)C(O)(O3)C(C)(C)/C=C\C3C/C(=C/C(=O)OC)CC(CC(O)(O2)C1(C)C)O3. The quantitative estimate of drug-likeness (QED) is 0.111. The van der Waals surface area contributed by atoms with Gasteiger partial charge in [0, 0.05) is 56.1 Å². The van der Waals surface area contributed by atoms with Gasteiger partial charge in [0.2, 0.25) is 5.79 Å². The minimum atomic E-state index is -2.41. The number of ether oxygens (including phenoxy) is 8. The molecule has 4 heterocycles. The van der Waals surface area contributed by atoms with Crippen molar-refractivity contribution in [2.24, 2.45) is 10.8 Å². The summed E-state index contributed by atoms with van der Waals surface area (Å²) in [5.74, 6) is -7.88. The molecule has 0 amide bonds. The Bertz CT molecular complexity index is 1700. The van der Waals surface area contributed by atoms with Gasteiger partial charge in [-0.15, -0.1) is 0 Å². The molecule has 4 aliphatic heterocycles. The highest BCUT2D eigenvalue weighted by atomic mass is 16.7. The maximum atomic E-state index is 13.4. The fourth-order valence-corrected chi connectivity index (χ4v) is 8.56. The molecule has 11 atom stereocenters. The molecule has 0 aliphatic carbocycles. The third kappa shape index (κ3) is 12.5. The highest BCUT2D eigenvalue weighted by Crippen LogP contribution is 2.50. The van der Waals surface area contributed by atoms with Crippen molar-refractivity contribution in [1.29, 1.82) is 0 Å². The summed E-state index contributed by atoms with van der Waals surface area (Å²) in [5, 5.41) is 47.5. The van der Waals surface area contributed by atoms with Crippen molar-refractivity contribution < 1.29 is 82.3 Å². The predicted octanol–water partition coefficient (Wildman–Crippen LogP) is 3.95. The third-order valence-corrected chi connectivity index (χ3v) is 12.3. The van der Waals surface area contributed by atoms with Crippen LogP contribution in [0.1, 0.15) is 126 Å². The molecular weight excluding hydrogens is 812 g/mol. The Balaban J connectivity index is 1.89. The van der Waals surface area contributed by atoms with Crippen LogP contribution in [0.2, 0.25) is 0 Å². The Kier molecular flexibility index (Phi) is 17.5. The van der Waals surface area contributed by atoms with Crippen molar-refractivity contribution >= 4 is 29.8 Å². The number of hydrogen-bond donors (Lipinski definition) is 4. The first-order valence-electron chi connectivity index (χ1n) is 21.6. The Morgan fingerprint density at radius 1 is 0.839 bits per heavy atom. The molecule has 17 heteroatoms. The van der Waals surface area contributed by atoms with E-state index in [2.05, 4.69) is 0 Å². The number of methoxy groups -OCH3 is 2. The van der Waals surface area contributed by atoms with E-state index < -0.39 is 114 Å². The summed E-state index contributed by atoms with van der Waals surface area (Å²) in [6, 6.07) is 0. The maximum absolute atomic E-state index is 13.4. The number of carbonyl (C=O) groups excluding carboxylic acids is 5. The average Bonchev–Trinajstić information content (AvgIpc) is 3.16. The third-order valence-electron chi connectivity index (χ3n) is 12.3. The van der Waals surface area contributed by atoms with Crippen LogP contribution in [0.15, 0.2) is 35.5 Å². The minimum absolute atomic E-state index is 0.00811. The van der Waals surface area contributed by atoms with E-state index in [4.69, 9.17) is 37.9 Å². The summed E-state index contributed by atoms with van der Waals surface area (Å²) in [6.07, 6.45) is -3.83. The summed E-state index contributed by atoms with van der Waals surface area (Å²) in [4.78, 5) is 64.8. The van der Waals surface area contributed by atoms with Crippen LogP contribution in [0.25, 0.3) is 0 Å². The molecule has 4 N–H and O–H groups in total. The zero-order chi connectivity index (χ0) is 46.2. The standard InChI is InChI=1S/C45H68O17/c1-10-12-36(48)59-35-24-32-21-29(47)22-40(52)58-34(26(3)46)23-31-19-28(20-39(51)56-9)41(60-37(49)13-11-2)45(54,62-31)42(4,5)15-14-30-16-27(18-38(50)55-8)17-33(57-30)25-44(53,61-32)43(35,6)7/h14-15,18,20,26,29-35,41,46-47,53-54H,10-13,16-17,19,21-25H2,1-9H3/b15-14-,27-18-,28-20+. The first-order valence-corrected chi connectivity index (χ1v) is 21.6. The summed E-state index contributed by atoms with van der Waals surface area (Å²) in [6.45, 7) is 11.7. The van der Waals surface area contributed by atoms with Gasteiger partial charge in [0.1, 0.15) is 12.2 Å². The number of carbonyl (C=O) groups is 5. The van der Waals surface area contributed by atoms with Crippen molar-refractivity contribution in [3.8, 4) is 0 Å². The van der Waals surface area contributed by atoms with Gasteiger partial charge in [0.25, 0.3) is 0 Å². The summed E-state index contributed by atoms with van der Waals surface area (Å²) >= 11 is 0. The molecule has 0 aromatic rings. The van der Waals surface area contributed by atoms with Gasteiger partial charge in [-0.25, -0.2) is 9.59 Å². The lowest BCUT2D eigenvalue weighted by Crippen LogP contribution is -2.62. The van der Waals surface area contributed by atoms with Crippen LogP contribution < -0.4 is 0 Å². The van der Waals surface area contributed by atoms with E-state index in [0.29, 0.717) is 18.4 Å². The van der Waals surface area contributed by atoms with Crippen LogP contribution in [0.5, 0.6) is 0 Å². The number of aliphatic hydroxyl groups excluding tert-OH is 2. The molecule has 0 radical (unpaired) electrons. The lowest BCUT2D eigenvalue weighted by Gasteiger charge is -2.53. The van der Waals surface area contributed by atoms with Gasteiger partial charge >= 0.3 is 29.8 Å². The van der Waals surface area contributed by atoms with E-state index in [0.717, 1.165) is 6.08 Å². The minimum Gasteiger partial charge on any atom is -0.466 e. The van der Waals surface area contributed by atoms with Crippen LogP contribution in [0, 0.1) is 10.8 Å². The first-order chi connectivity index (χ1) is 29.0. The average molecular weight is 881 g/mol. The normalized spacial score (nSPS) is 36.3. The summed E-state index contributed by atoms with van der Waals surface area (Å²) in [5.41, 5.74) is -1.95. The van der Waals surface area contributed by atoms with Gasteiger partial charge in [-0.3, -0.25) is 14.4 Å². The maximum Gasteiger partial charge on any atom is 0.330 e. The van der Waals surface area contributed by atoms with Crippen molar-refractivity contribution in [2.75, 3.05) is 14.2 Å². The van der Waals surface area contributed by atoms with E-state index >= 15 is 0 Å². The molecule has 0 aromatic heterocycles. The number of fused-ring (bicyclic) bond motifs is 6. The fourth-order valence-electron chi connectivity index (χ4n) is 8.56. The van der Waals surface area contributed by atoms with Crippen LogP contribution in [0.4, 0.5) is 0 Å². The zero-order valence-electron chi connectivity index (χ0n) is 37.6. The smallest absolute Gasteiger partial charge is 0.330 e. The number of cyclic esters (lactones) is 1. The molecule has 3 fully saturated rings. The second-order valence-corrected chi connectivity index (χ2v) is 18.1. The van der Waals surface area contributed by atoms with E-state index in [1.54, 1.807) is 46.8 Å². The Hall–Kier alpha value is -3.71. The topological polar surface area (TPSA) is 240 Å². The lowest BCUT2D eigenvalue weighted by molar-refractivity contribution is -0.348. The van der Waals surface area contributed by atoms with E-state index in [1.807, 2.05) is 6.92 Å². The van der Waals surface area contributed by atoms with Gasteiger partial charge in [0.05, 0.1) is 62.7 Å². The Morgan fingerprint density at radius 3 is 2.08 bits per heavy atom. The molecule has 4 aliphatic rings. The van der Waals surface area contributed by atoms with Gasteiger partial charge in [0.15, 0.2) is 11.9 Å².